The van der Waals surface area contributed by atoms with Crippen LogP contribution in [0.1, 0.15) is 19.4 Å². The Morgan fingerprint density at radius 3 is 3.00 bits per heavy atom. The van der Waals surface area contributed by atoms with Crippen LogP contribution in [0.4, 0.5) is 0 Å². The zero-order chi connectivity index (χ0) is 11.5. The number of piperazine rings is 1. The molecule has 1 unspecified atom stereocenters. The van der Waals surface area contributed by atoms with Crippen LogP contribution in [-0.4, -0.2) is 30.1 Å². The van der Waals surface area contributed by atoms with Gasteiger partial charge in [-0.2, -0.15) is 0 Å². The molecule has 0 amide bonds. The van der Waals surface area contributed by atoms with Crippen LogP contribution in [0.2, 0.25) is 5.02 Å². The van der Waals surface area contributed by atoms with Crippen LogP contribution in [0.15, 0.2) is 24.3 Å². The molecule has 0 saturated carbocycles. The molecule has 2 nitrogen and oxygen atoms in total. The topological polar surface area (TPSA) is 15.3 Å². The van der Waals surface area contributed by atoms with E-state index in [-0.39, 0.29) is 0 Å². The second kappa shape index (κ2) is 5.17. The van der Waals surface area contributed by atoms with E-state index in [9.17, 15) is 0 Å². The molecule has 88 valence electrons. The molecule has 1 fully saturated rings. The third kappa shape index (κ3) is 2.97. The largest absolute Gasteiger partial charge is 0.311 e. The van der Waals surface area contributed by atoms with Gasteiger partial charge in [0, 0.05) is 36.7 Å². The van der Waals surface area contributed by atoms with Gasteiger partial charge in [-0.3, -0.25) is 4.90 Å². The Hall–Kier alpha value is -0.570. The first-order chi connectivity index (χ1) is 7.65. The number of halogens is 1. The number of nitrogens with zero attached hydrogens (tertiary/aromatic N) is 1. The molecule has 0 bridgehead atoms. The molecule has 1 aromatic carbocycles. The first-order valence-electron chi connectivity index (χ1n) is 5.87. The summed E-state index contributed by atoms with van der Waals surface area (Å²) in [6.07, 6.45) is 0. The Kier molecular flexibility index (Phi) is 3.85. The molecule has 16 heavy (non-hydrogen) atoms. The molecule has 1 aliphatic rings. The minimum absolute atomic E-state index is 0.579. The van der Waals surface area contributed by atoms with Crippen molar-refractivity contribution in [2.75, 3.05) is 13.1 Å². The summed E-state index contributed by atoms with van der Waals surface area (Å²) in [6, 6.07) is 9.32. The molecule has 1 saturated heterocycles. The minimum Gasteiger partial charge on any atom is -0.311 e. The summed E-state index contributed by atoms with van der Waals surface area (Å²) in [6.45, 7) is 7.67. The zero-order valence-electron chi connectivity index (χ0n) is 9.91. The normalized spacial score (nSPS) is 26.9. The van der Waals surface area contributed by atoms with Crippen molar-refractivity contribution >= 4 is 11.6 Å². The maximum atomic E-state index is 6.00. The Morgan fingerprint density at radius 1 is 1.44 bits per heavy atom. The molecule has 0 aliphatic carbocycles. The number of hydrogen-bond acceptors (Lipinski definition) is 2. The van der Waals surface area contributed by atoms with Crippen molar-refractivity contribution in [3.63, 3.8) is 0 Å². The van der Waals surface area contributed by atoms with Gasteiger partial charge in [-0.15, -0.1) is 0 Å². The minimum atomic E-state index is 0.579. The standard InChI is InChI=1S/C13H19ClN2/c1-10-8-16(11(2)7-15-10)9-12-4-3-5-13(14)6-12/h3-6,10-11,15H,7-9H2,1-2H3/t10?,11-/m0/s1. The molecular formula is C13H19ClN2. The van der Waals surface area contributed by atoms with Crippen LogP contribution in [0.25, 0.3) is 0 Å². The van der Waals surface area contributed by atoms with Gasteiger partial charge in [0.25, 0.3) is 0 Å². The summed E-state index contributed by atoms with van der Waals surface area (Å²) in [4.78, 5) is 2.51. The average molecular weight is 239 g/mol. The Bertz CT molecular complexity index is 354. The van der Waals surface area contributed by atoms with Gasteiger partial charge in [0.1, 0.15) is 0 Å². The average Bonchev–Trinajstić information content (AvgIpc) is 2.24. The quantitative estimate of drug-likeness (QED) is 0.852. The van der Waals surface area contributed by atoms with Gasteiger partial charge in [-0.25, -0.2) is 0 Å². The molecule has 1 heterocycles. The fourth-order valence-electron chi connectivity index (χ4n) is 2.19. The third-order valence-electron chi connectivity index (χ3n) is 3.17. The van der Waals surface area contributed by atoms with Crippen molar-refractivity contribution < 1.29 is 0 Å². The van der Waals surface area contributed by atoms with Gasteiger partial charge >= 0.3 is 0 Å². The fourth-order valence-corrected chi connectivity index (χ4v) is 2.40. The predicted molar refractivity (Wildman–Crippen MR) is 68.8 cm³/mol. The summed E-state index contributed by atoms with van der Waals surface area (Å²) in [7, 11) is 0. The summed E-state index contributed by atoms with van der Waals surface area (Å²) < 4.78 is 0. The van der Waals surface area contributed by atoms with Crippen LogP contribution >= 0.6 is 11.6 Å². The highest BCUT2D eigenvalue weighted by atomic mass is 35.5. The Balaban J connectivity index is 2.02. The first kappa shape index (κ1) is 11.9. The maximum absolute atomic E-state index is 6.00. The summed E-state index contributed by atoms with van der Waals surface area (Å²) in [5.41, 5.74) is 1.30. The molecule has 1 aromatic rings. The maximum Gasteiger partial charge on any atom is 0.0409 e. The molecule has 1 aliphatic heterocycles. The van der Waals surface area contributed by atoms with Gasteiger partial charge in [-0.1, -0.05) is 23.7 Å². The molecule has 2 rings (SSSR count). The van der Waals surface area contributed by atoms with Crippen LogP contribution in [0.5, 0.6) is 0 Å². The van der Waals surface area contributed by atoms with E-state index in [2.05, 4.69) is 36.2 Å². The highest BCUT2D eigenvalue weighted by Gasteiger charge is 2.21. The van der Waals surface area contributed by atoms with E-state index in [4.69, 9.17) is 11.6 Å². The molecule has 2 atom stereocenters. The third-order valence-corrected chi connectivity index (χ3v) is 3.40. The lowest BCUT2D eigenvalue weighted by molar-refractivity contribution is 0.139. The van der Waals surface area contributed by atoms with Crippen molar-refractivity contribution in [2.45, 2.75) is 32.5 Å². The summed E-state index contributed by atoms with van der Waals surface area (Å²) in [5, 5.41) is 4.32. The molecule has 0 spiro atoms. The first-order valence-corrected chi connectivity index (χ1v) is 6.25. The van der Waals surface area contributed by atoms with Gasteiger partial charge in [0.05, 0.1) is 0 Å². The Morgan fingerprint density at radius 2 is 2.25 bits per heavy atom. The van der Waals surface area contributed by atoms with Crippen molar-refractivity contribution in [3.05, 3.63) is 34.9 Å². The SMILES string of the molecule is CC1CN(Cc2cccc(Cl)c2)[C@@H](C)CN1. The number of benzene rings is 1. The van der Waals surface area contributed by atoms with E-state index in [0.29, 0.717) is 12.1 Å². The number of rotatable bonds is 2. The zero-order valence-corrected chi connectivity index (χ0v) is 10.7. The van der Waals surface area contributed by atoms with Gasteiger partial charge in [0.2, 0.25) is 0 Å². The lowest BCUT2D eigenvalue weighted by atomic mass is 10.1. The summed E-state index contributed by atoms with van der Waals surface area (Å²) in [5.74, 6) is 0. The molecule has 1 N–H and O–H groups in total. The van der Waals surface area contributed by atoms with Crippen molar-refractivity contribution in [3.8, 4) is 0 Å². The van der Waals surface area contributed by atoms with E-state index in [0.717, 1.165) is 24.7 Å². The van der Waals surface area contributed by atoms with Crippen molar-refractivity contribution in [1.29, 1.82) is 0 Å². The van der Waals surface area contributed by atoms with E-state index in [1.807, 2.05) is 12.1 Å². The smallest absolute Gasteiger partial charge is 0.0409 e. The highest BCUT2D eigenvalue weighted by molar-refractivity contribution is 6.30. The van der Waals surface area contributed by atoms with Crippen molar-refractivity contribution in [2.24, 2.45) is 0 Å². The molecule has 3 heteroatoms. The fraction of sp³-hybridized carbons (Fsp3) is 0.538. The van der Waals surface area contributed by atoms with Gasteiger partial charge < -0.3 is 5.32 Å². The lowest BCUT2D eigenvalue weighted by Gasteiger charge is -2.37. The van der Waals surface area contributed by atoms with Crippen LogP contribution in [-0.2, 0) is 6.54 Å². The van der Waals surface area contributed by atoms with E-state index >= 15 is 0 Å². The second-order valence-electron chi connectivity index (χ2n) is 4.72. The van der Waals surface area contributed by atoms with Gasteiger partial charge in [0.15, 0.2) is 0 Å². The van der Waals surface area contributed by atoms with Gasteiger partial charge in [-0.05, 0) is 31.5 Å². The van der Waals surface area contributed by atoms with E-state index in [1.54, 1.807) is 0 Å². The van der Waals surface area contributed by atoms with Crippen LogP contribution < -0.4 is 5.32 Å². The number of hydrogen-bond donors (Lipinski definition) is 1. The molecular weight excluding hydrogens is 220 g/mol. The monoisotopic (exact) mass is 238 g/mol. The van der Waals surface area contributed by atoms with Crippen LogP contribution in [0.3, 0.4) is 0 Å². The highest BCUT2D eigenvalue weighted by Crippen LogP contribution is 2.15. The van der Waals surface area contributed by atoms with E-state index < -0.39 is 0 Å². The lowest BCUT2D eigenvalue weighted by Crippen LogP contribution is -2.53. The summed E-state index contributed by atoms with van der Waals surface area (Å²) >= 11 is 6.00. The number of nitrogens with one attached hydrogen (secondary N) is 1. The molecule has 0 aromatic heterocycles. The predicted octanol–water partition coefficient (Wildman–Crippen LogP) is 2.52. The van der Waals surface area contributed by atoms with E-state index in [1.165, 1.54) is 5.56 Å². The van der Waals surface area contributed by atoms with Crippen LogP contribution in [0, 0.1) is 0 Å². The molecule has 0 radical (unpaired) electrons. The Labute approximate surface area is 103 Å². The van der Waals surface area contributed by atoms with Crippen molar-refractivity contribution in [1.82, 2.24) is 10.2 Å². The second-order valence-corrected chi connectivity index (χ2v) is 5.15.